The van der Waals surface area contributed by atoms with E-state index in [1.54, 1.807) is 13.0 Å². The maximum atomic E-state index is 11.9. The van der Waals surface area contributed by atoms with Gasteiger partial charge in [-0.25, -0.2) is 4.79 Å². The van der Waals surface area contributed by atoms with E-state index in [0.29, 0.717) is 4.47 Å². The number of hydrogen-bond donors (Lipinski definition) is 2. The van der Waals surface area contributed by atoms with E-state index in [1.165, 1.54) is 12.1 Å². The van der Waals surface area contributed by atoms with Crippen molar-refractivity contribution in [3.8, 4) is 0 Å². The molecule has 0 heterocycles. The Labute approximate surface area is 115 Å². The molecule has 0 saturated heterocycles. The Morgan fingerprint density at radius 2 is 1.94 bits per heavy atom. The summed E-state index contributed by atoms with van der Waals surface area (Å²) in [5, 5.41) is 18.3. The molecule has 0 saturated carbocycles. The predicted molar refractivity (Wildman–Crippen MR) is 69.5 cm³/mol. The highest BCUT2D eigenvalue weighted by Crippen LogP contribution is 2.25. The molecule has 1 aromatic carbocycles. The van der Waals surface area contributed by atoms with Crippen molar-refractivity contribution in [3.63, 3.8) is 0 Å². The highest BCUT2D eigenvalue weighted by molar-refractivity contribution is 9.10. The Morgan fingerprint density at radius 3 is 2.41 bits per heavy atom. The first-order valence-electron chi connectivity index (χ1n) is 4.73. The first-order chi connectivity index (χ1) is 7.84. The second-order valence-corrected chi connectivity index (χ2v) is 5.74. The molecule has 0 radical (unpaired) electrons. The average Bonchev–Trinajstić information content (AvgIpc) is 2.26. The van der Waals surface area contributed by atoms with Gasteiger partial charge in [0, 0.05) is 15.6 Å². The summed E-state index contributed by atoms with van der Waals surface area (Å²) in [4.78, 5) is 22.2. The number of rotatable bonds is 4. The van der Waals surface area contributed by atoms with Crippen LogP contribution in [0.5, 0.6) is 0 Å². The van der Waals surface area contributed by atoms with Crippen LogP contribution in [0.4, 0.5) is 0 Å². The summed E-state index contributed by atoms with van der Waals surface area (Å²) in [6.07, 6.45) is -1.70. The van der Waals surface area contributed by atoms with Gasteiger partial charge >= 0.3 is 5.97 Å². The van der Waals surface area contributed by atoms with Crippen molar-refractivity contribution >= 4 is 43.6 Å². The summed E-state index contributed by atoms with van der Waals surface area (Å²) < 4.78 is 0.648. The molecule has 4 nitrogen and oxygen atoms in total. The Balaban J connectivity index is 3.31. The van der Waals surface area contributed by atoms with Gasteiger partial charge in [-0.2, -0.15) is 0 Å². The van der Waals surface area contributed by atoms with Gasteiger partial charge < -0.3 is 10.2 Å². The normalized spacial score (nSPS) is 14.1. The van der Waals surface area contributed by atoms with Crippen molar-refractivity contribution in [1.29, 1.82) is 0 Å². The number of alkyl halides is 1. The monoisotopic (exact) mass is 364 g/mol. The molecular formula is C11H10Br2O4. The molecule has 1 rings (SSSR count). The number of halogens is 2. The molecule has 92 valence electrons. The predicted octanol–water partition coefficient (Wildman–Crippen LogP) is 2.53. The minimum atomic E-state index is -1.70. The van der Waals surface area contributed by atoms with Crippen LogP contribution in [0.2, 0.25) is 0 Å². The van der Waals surface area contributed by atoms with Crippen molar-refractivity contribution in [1.82, 2.24) is 0 Å². The largest absolute Gasteiger partial charge is 0.479 e. The van der Waals surface area contributed by atoms with E-state index in [0.717, 1.165) is 0 Å². The molecule has 2 unspecified atom stereocenters. The molecule has 1 aromatic rings. The van der Waals surface area contributed by atoms with Crippen LogP contribution in [0.1, 0.15) is 28.9 Å². The topological polar surface area (TPSA) is 74.6 Å². The van der Waals surface area contributed by atoms with Gasteiger partial charge in [-0.1, -0.05) is 37.9 Å². The van der Waals surface area contributed by atoms with Crippen molar-refractivity contribution < 1.29 is 19.8 Å². The van der Waals surface area contributed by atoms with Gasteiger partial charge in [0.05, 0.1) is 4.83 Å². The third kappa shape index (κ3) is 3.37. The van der Waals surface area contributed by atoms with Gasteiger partial charge in [0.15, 0.2) is 11.9 Å². The molecule has 0 aromatic heterocycles. The summed E-state index contributed by atoms with van der Waals surface area (Å²) in [5.41, 5.74) is 0.288. The maximum absolute atomic E-state index is 11.9. The van der Waals surface area contributed by atoms with Gasteiger partial charge in [-0.15, -0.1) is 0 Å². The lowest BCUT2D eigenvalue weighted by Gasteiger charge is -2.13. The van der Waals surface area contributed by atoms with Gasteiger partial charge in [0.1, 0.15) is 0 Å². The second kappa shape index (κ2) is 5.75. The Hall–Kier alpha value is -0.720. The van der Waals surface area contributed by atoms with Crippen LogP contribution in [-0.2, 0) is 4.79 Å². The van der Waals surface area contributed by atoms with Crippen molar-refractivity contribution in [2.24, 2.45) is 0 Å². The molecular weight excluding hydrogens is 356 g/mol. The Morgan fingerprint density at radius 1 is 1.35 bits per heavy atom. The van der Waals surface area contributed by atoms with E-state index >= 15 is 0 Å². The number of hydrogen-bond acceptors (Lipinski definition) is 3. The molecule has 6 heteroatoms. The number of aliphatic hydroxyl groups is 1. The van der Waals surface area contributed by atoms with Gasteiger partial charge in [0.2, 0.25) is 0 Å². The number of Topliss-reactive ketones (excluding diaryl/α,β-unsaturated/α-hetero) is 1. The summed E-state index contributed by atoms with van der Waals surface area (Å²) in [6.45, 7) is 1.64. The first kappa shape index (κ1) is 14.3. The van der Waals surface area contributed by atoms with E-state index in [2.05, 4.69) is 31.9 Å². The molecule has 0 bridgehead atoms. The lowest BCUT2D eigenvalue weighted by molar-refractivity contribution is -0.146. The fourth-order valence-corrected chi connectivity index (χ4v) is 1.94. The molecule has 0 aliphatic rings. The minimum absolute atomic E-state index is 0.0944. The molecule has 0 aliphatic heterocycles. The summed E-state index contributed by atoms with van der Waals surface area (Å²) in [5.74, 6) is -1.66. The number of benzene rings is 1. The number of carbonyl (C=O) groups excluding carboxylic acids is 1. The smallest absolute Gasteiger partial charge is 0.337 e. The molecule has 2 atom stereocenters. The zero-order valence-corrected chi connectivity index (χ0v) is 12.0. The average molecular weight is 366 g/mol. The lowest BCUT2D eigenvalue weighted by atomic mass is 9.98. The van der Waals surface area contributed by atoms with Crippen LogP contribution in [0.3, 0.4) is 0 Å². The highest BCUT2D eigenvalue weighted by atomic mass is 79.9. The van der Waals surface area contributed by atoms with Crippen LogP contribution in [0.15, 0.2) is 22.7 Å². The van der Waals surface area contributed by atoms with E-state index < -0.39 is 16.9 Å². The van der Waals surface area contributed by atoms with Gasteiger partial charge in [0.25, 0.3) is 0 Å². The van der Waals surface area contributed by atoms with Crippen molar-refractivity contribution in [3.05, 3.63) is 33.8 Å². The first-order valence-corrected chi connectivity index (χ1v) is 6.44. The van der Waals surface area contributed by atoms with Crippen LogP contribution in [0, 0.1) is 0 Å². The quantitative estimate of drug-likeness (QED) is 0.635. The summed E-state index contributed by atoms with van der Waals surface area (Å²) >= 11 is 6.33. The molecule has 17 heavy (non-hydrogen) atoms. The third-order valence-corrected chi connectivity index (χ3v) is 3.08. The minimum Gasteiger partial charge on any atom is -0.479 e. The van der Waals surface area contributed by atoms with Crippen LogP contribution >= 0.6 is 31.9 Å². The zero-order valence-electron chi connectivity index (χ0n) is 8.85. The van der Waals surface area contributed by atoms with E-state index in [1.807, 2.05) is 0 Å². The fraction of sp³-hybridized carbons (Fsp3) is 0.273. The number of ketones is 1. The van der Waals surface area contributed by atoms with Crippen molar-refractivity contribution in [2.45, 2.75) is 17.9 Å². The van der Waals surface area contributed by atoms with E-state index in [-0.39, 0.29) is 16.9 Å². The third-order valence-electron chi connectivity index (χ3n) is 2.17. The number of carboxylic acids is 1. The highest BCUT2D eigenvalue weighted by Gasteiger charge is 2.24. The molecule has 0 fully saturated rings. The standard InChI is InChI=1S/C11H10Br2O4/c1-5(12)9(14)8-4-6(13)2-3-7(8)10(15)11(16)17/h2-5,10,15H,1H3,(H,16,17). The molecule has 2 N–H and O–H groups in total. The lowest BCUT2D eigenvalue weighted by Crippen LogP contribution is -2.18. The van der Waals surface area contributed by atoms with Crippen molar-refractivity contribution in [2.75, 3.05) is 0 Å². The second-order valence-electron chi connectivity index (χ2n) is 3.45. The number of aliphatic carboxylic acids is 1. The Bertz CT molecular complexity index is 457. The zero-order chi connectivity index (χ0) is 13.2. The number of carboxylic acid groups (broad SMARTS) is 1. The molecule has 0 spiro atoms. The van der Waals surface area contributed by atoms with E-state index in [4.69, 9.17) is 5.11 Å². The summed E-state index contributed by atoms with van der Waals surface area (Å²) in [7, 11) is 0. The van der Waals surface area contributed by atoms with Crippen LogP contribution < -0.4 is 0 Å². The van der Waals surface area contributed by atoms with Gasteiger partial charge in [-0.3, -0.25) is 4.79 Å². The fourth-order valence-electron chi connectivity index (χ4n) is 1.33. The summed E-state index contributed by atoms with van der Waals surface area (Å²) in [6, 6.07) is 4.50. The number of aliphatic hydroxyl groups excluding tert-OH is 1. The number of carbonyl (C=O) groups is 2. The van der Waals surface area contributed by atoms with Crippen LogP contribution in [0.25, 0.3) is 0 Å². The maximum Gasteiger partial charge on any atom is 0.337 e. The van der Waals surface area contributed by atoms with E-state index in [9.17, 15) is 14.7 Å². The molecule has 0 amide bonds. The molecule has 0 aliphatic carbocycles. The van der Waals surface area contributed by atoms with Crippen LogP contribution in [-0.4, -0.2) is 26.8 Å². The SMILES string of the molecule is CC(Br)C(=O)c1cc(Br)ccc1C(O)C(=O)O. The van der Waals surface area contributed by atoms with Gasteiger partial charge in [-0.05, 0) is 19.1 Å². The Kier molecular flexibility index (Phi) is 4.85.